The monoisotopic (exact) mass is 413 g/mol. The number of hydrogen-bond acceptors (Lipinski definition) is 4. The van der Waals surface area contributed by atoms with Gasteiger partial charge in [-0.3, -0.25) is 4.79 Å². The van der Waals surface area contributed by atoms with Crippen LogP contribution in [0.25, 0.3) is 20.2 Å². The highest BCUT2D eigenvalue weighted by molar-refractivity contribution is 7.80. The number of carboxylic acids is 1. The molecule has 0 radical (unpaired) electrons. The average Bonchev–Trinajstić information content (AvgIpc) is 3.09. The lowest BCUT2D eigenvalue weighted by atomic mass is 9.95. The molecule has 1 saturated heterocycles. The maximum absolute atomic E-state index is 13.1. The van der Waals surface area contributed by atoms with E-state index in [4.69, 9.17) is 0 Å². The van der Waals surface area contributed by atoms with Gasteiger partial charge in [0.1, 0.15) is 6.04 Å². The van der Waals surface area contributed by atoms with Gasteiger partial charge in [-0.1, -0.05) is 24.3 Å². The molecule has 2 atom stereocenters. The Kier molecular flexibility index (Phi) is 5.60. The van der Waals surface area contributed by atoms with E-state index >= 15 is 0 Å². The summed E-state index contributed by atoms with van der Waals surface area (Å²) in [5.41, 5.74) is 1.09. The van der Waals surface area contributed by atoms with Crippen LogP contribution in [0.2, 0.25) is 0 Å². The molecule has 1 aliphatic rings. The summed E-state index contributed by atoms with van der Waals surface area (Å²) in [5.74, 6) is -0.899. The number of amides is 1. The van der Waals surface area contributed by atoms with Crippen LogP contribution in [-0.2, 0) is 16.0 Å². The van der Waals surface area contributed by atoms with Crippen LogP contribution >= 0.6 is 24.0 Å². The van der Waals surface area contributed by atoms with Gasteiger partial charge in [0.15, 0.2) is 0 Å². The Labute approximate surface area is 173 Å². The van der Waals surface area contributed by atoms with E-state index in [-0.39, 0.29) is 11.8 Å². The third-order valence-corrected chi connectivity index (χ3v) is 7.16. The van der Waals surface area contributed by atoms with Crippen LogP contribution in [0.15, 0.2) is 42.5 Å². The van der Waals surface area contributed by atoms with Crippen molar-refractivity contribution in [1.29, 1.82) is 0 Å². The average molecular weight is 414 g/mol. The lowest BCUT2D eigenvalue weighted by molar-refractivity contribution is -0.153. The van der Waals surface area contributed by atoms with Crippen molar-refractivity contribution in [2.45, 2.75) is 31.7 Å². The number of carbonyl (C=O) groups excluding carboxylic acids is 1. The Balaban J connectivity index is 1.59. The summed E-state index contributed by atoms with van der Waals surface area (Å²) in [5, 5.41) is 11.9. The number of thiophene rings is 1. The Morgan fingerprint density at radius 3 is 2.71 bits per heavy atom. The topological polar surface area (TPSA) is 57.6 Å². The van der Waals surface area contributed by atoms with Crippen molar-refractivity contribution >= 4 is 56.0 Å². The number of aliphatic carboxylic acids is 1. The first-order valence-corrected chi connectivity index (χ1v) is 11.1. The Morgan fingerprint density at radius 2 is 1.93 bits per heavy atom. The lowest BCUT2D eigenvalue weighted by Gasteiger charge is -2.35. The number of likely N-dealkylation sites (tertiary alicyclic amines) is 1. The third-order valence-electron chi connectivity index (χ3n) is 5.56. The normalized spacial score (nSPS) is 18.5. The van der Waals surface area contributed by atoms with Crippen LogP contribution in [-0.4, -0.2) is 40.2 Å². The highest BCUT2D eigenvalue weighted by Crippen LogP contribution is 2.34. The number of piperidine rings is 1. The van der Waals surface area contributed by atoms with Crippen molar-refractivity contribution in [2.24, 2.45) is 5.92 Å². The standard InChI is InChI=1S/C22H23NO3S2/c24-21(23-10-4-3-6-18(23)22(25)26)15(13-27)11-14-8-9-20-17(12-14)16-5-1-2-7-19(16)28-20/h1-2,5,7-9,12,15,18,27H,3-4,6,10-11,13H2,(H,25,26)/t15?,18-/m1/s1. The Bertz CT molecular complexity index is 1030. The summed E-state index contributed by atoms with van der Waals surface area (Å²) in [6, 6.07) is 14.0. The summed E-state index contributed by atoms with van der Waals surface area (Å²) in [6.45, 7) is 0.522. The number of carbonyl (C=O) groups is 2. The SMILES string of the molecule is O=C(O)[C@H]1CCCCN1C(=O)C(CS)Cc1ccc2sc3ccccc3c2c1. The summed E-state index contributed by atoms with van der Waals surface area (Å²) in [4.78, 5) is 26.2. The van der Waals surface area contributed by atoms with Crippen molar-refractivity contribution in [1.82, 2.24) is 4.90 Å². The fourth-order valence-electron chi connectivity index (χ4n) is 4.10. The van der Waals surface area contributed by atoms with Crippen molar-refractivity contribution < 1.29 is 14.7 Å². The van der Waals surface area contributed by atoms with E-state index in [1.807, 2.05) is 12.1 Å². The number of benzene rings is 2. The van der Waals surface area contributed by atoms with E-state index in [2.05, 4.69) is 43.0 Å². The second-order valence-corrected chi connectivity index (χ2v) is 8.84. The molecule has 1 unspecified atom stereocenters. The van der Waals surface area contributed by atoms with Crippen LogP contribution in [0, 0.1) is 5.92 Å². The molecule has 1 fully saturated rings. The van der Waals surface area contributed by atoms with Crippen molar-refractivity contribution in [3.63, 3.8) is 0 Å². The number of carboxylic acid groups (broad SMARTS) is 1. The minimum absolute atomic E-state index is 0.0858. The van der Waals surface area contributed by atoms with Crippen LogP contribution in [0.1, 0.15) is 24.8 Å². The van der Waals surface area contributed by atoms with E-state index in [1.54, 1.807) is 16.2 Å². The molecule has 146 valence electrons. The Morgan fingerprint density at radius 1 is 1.14 bits per heavy atom. The van der Waals surface area contributed by atoms with Gasteiger partial charge in [0, 0.05) is 32.5 Å². The number of fused-ring (bicyclic) bond motifs is 3. The lowest BCUT2D eigenvalue weighted by Crippen LogP contribution is -2.50. The highest BCUT2D eigenvalue weighted by Gasteiger charge is 2.34. The number of hydrogen-bond donors (Lipinski definition) is 2. The zero-order valence-electron chi connectivity index (χ0n) is 15.5. The number of rotatable bonds is 5. The zero-order chi connectivity index (χ0) is 19.7. The maximum atomic E-state index is 13.1. The molecule has 4 nitrogen and oxygen atoms in total. The first kappa shape index (κ1) is 19.3. The fourth-order valence-corrected chi connectivity index (χ4v) is 5.47. The summed E-state index contributed by atoms with van der Waals surface area (Å²) in [6.07, 6.45) is 2.83. The predicted octanol–water partition coefficient (Wildman–Crippen LogP) is 4.61. The molecule has 3 aromatic rings. The van der Waals surface area contributed by atoms with Crippen LogP contribution in [0.5, 0.6) is 0 Å². The molecule has 0 aliphatic carbocycles. The molecule has 2 aromatic carbocycles. The van der Waals surface area contributed by atoms with Gasteiger partial charge in [-0.25, -0.2) is 4.79 Å². The van der Waals surface area contributed by atoms with Gasteiger partial charge in [-0.15, -0.1) is 11.3 Å². The van der Waals surface area contributed by atoms with Crippen molar-refractivity contribution in [3.8, 4) is 0 Å². The van der Waals surface area contributed by atoms with Gasteiger partial charge in [-0.2, -0.15) is 12.6 Å². The van der Waals surface area contributed by atoms with Gasteiger partial charge in [0.05, 0.1) is 5.92 Å². The van der Waals surface area contributed by atoms with Gasteiger partial charge in [0.25, 0.3) is 0 Å². The van der Waals surface area contributed by atoms with Gasteiger partial charge < -0.3 is 10.0 Å². The van der Waals surface area contributed by atoms with Gasteiger partial charge in [-0.05, 0) is 49.4 Å². The first-order valence-electron chi connectivity index (χ1n) is 9.63. The maximum Gasteiger partial charge on any atom is 0.326 e. The first-order chi connectivity index (χ1) is 13.6. The van der Waals surface area contributed by atoms with Crippen LogP contribution < -0.4 is 0 Å². The molecular weight excluding hydrogens is 390 g/mol. The minimum Gasteiger partial charge on any atom is -0.480 e. The smallest absolute Gasteiger partial charge is 0.326 e. The minimum atomic E-state index is -0.905. The molecular formula is C22H23NO3S2. The summed E-state index contributed by atoms with van der Waals surface area (Å²) in [7, 11) is 0. The molecule has 6 heteroatoms. The molecule has 2 heterocycles. The van der Waals surface area contributed by atoms with Gasteiger partial charge in [0.2, 0.25) is 5.91 Å². The van der Waals surface area contributed by atoms with Crippen molar-refractivity contribution in [2.75, 3.05) is 12.3 Å². The van der Waals surface area contributed by atoms with Crippen LogP contribution in [0.3, 0.4) is 0 Å². The van der Waals surface area contributed by atoms with E-state index in [0.29, 0.717) is 25.1 Å². The molecule has 28 heavy (non-hydrogen) atoms. The molecule has 0 saturated carbocycles. The molecule has 1 aromatic heterocycles. The second-order valence-electron chi connectivity index (χ2n) is 7.39. The van der Waals surface area contributed by atoms with Gasteiger partial charge >= 0.3 is 5.97 Å². The number of thiol groups is 1. The zero-order valence-corrected chi connectivity index (χ0v) is 17.2. The van der Waals surface area contributed by atoms with E-state index in [1.165, 1.54) is 20.2 Å². The Hall–Kier alpha value is -2.05. The summed E-state index contributed by atoms with van der Waals surface area (Å²) >= 11 is 6.19. The predicted molar refractivity (Wildman–Crippen MR) is 117 cm³/mol. The van der Waals surface area contributed by atoms with Crippen LogP contribution in [0.4, 0.5) is 0 Å². The van der Waals surface area contributed by atoms with E-state index in [9.17, 15) is 14.7 Å². The fraction of sp³-hybridized carbons (Fsp3) is 0.364. The van der Waals surface area contributed by atoms with Crippen molar-refractivity contribution in [3.05, 3.63) is 48.0 Å². The largest absolute Gasteiger partial charge is 0.480 e. The second kappa shape index (κ2) is 8.13. The molecule has 0 spiro atoms. The molecule has 1 aliphatic heterocycles. The highest BCUT2D eigenvalue weighted by atomic mass is 32.1. The third kappa shape index (κ3) is 3.63. The van der Waals surface area contributed by atoms with E-state index in [0.717, 1.165) is 18.4 Å². The quantitative estimate of drug-likeness (QED) is 0.601. The molecule has 1 N–H and O–H groups in total. The molecule has 1 amide bonds. The molecule has 4 rings (SSSR count). The summed E-state index contributed by atoms with van der Waals surface area (Å²) < 4.78 is 2.50. The van der Waals surface area contributed by atoms with E-state index < -0.39 is 12.0 Å². The molecule has 0 bridgehead atoms. The number of nitrogens with zero attached hydrogens (tertiary/aromatic N) is 1.